The quantitative estimate of drug-likeness (QED) is 0.217. The lowest BCUT2D eigenvalue weighted by Crippen LogP contribution is -2.45. The average Bonchev–Trinajstić information content (AvgIpc) is 3.58. The molecule has 246 valence electrons. The Morgan fingerprint density at radius 3 is 2.17 bits per heavy atom. The molecule has 1 amide bonds. The fourth-order valence-corrected chi connectivity index (χ4v) is 6.86. The highest BCUT2D eigenvalue weighted by Gasteiger charge is 2.33. The summed E-state index contributed by atoms with van der Waals surface area (Å²) in [4.78, 5) is 40.0. The highest BCUT2D eigenvalue weighted by molar-refractivity contribution is 5.98. The highest BCUT2D eigenvalue weighted by Crippen LogP contribution is 2.42. The van der Waals surface area contributed by atoms with Crippen molar-refractivity contribution in [1.29, 1.82) is 0 Å². The van der Waals surface area contributed by atoms with E-state index in [4.69, 9.17) is 18.6 Å². The van der Waals surface area contributed by atoms with Crippen LogP contribution in [0.2, 0.25) is 0 Å². The van der Waals surface area contributed by atoms with Gasteiger partial charge < -0.3 is 28.8 Å². The van der Waals surface area contributed by atoms with Gasteiger partial charge in [0.15, 0.2) is 5.76 Å². The first-order valence-electron chi connectivity index (χ1n) is 16.4. The molecule has 9 nitrogen and oxygen atoms in total. The standard InChI is InChI=1S/C37H46N2O7/c1-26-7-9-27(10-8-26)32-13-21-46-33(32)34(40)38-30-11-18-39(19-12-30)20-16-37(14-5-4-6-15-37)17-22-45-31-24-28(35(41)43-2)23-29(25-31)36(42)44-3/h7-10,13,21,23-25,30H,4-6,11-12,14-20,22H2,1-3H3,(H,38,40). The summed E-state index contributed by atoms with van der Waals surface area (Å²) in [6.45, 7) is 5.44. The zero-order chi connectivity index (χ0) is 32.5. The number of hydrogen-bond acceptors (Lipinski definition) is 8. The Balaban J connectivity index is 1.12. The minimum absolute atomic E-state index is 0.118. The molecule has 2 aliphatic rings. The normalized spacial score (nSPS) is 16.8. The number of aryl methyl sites for hydroxylation is 1. The van der Waals surface area contributed by atoms with Crippen molar-refractivity contribution < 1.29 is 33.0 Å². The summed E-state index contributed by atoms with van der Waals surface area (Å²) in [6, 6.07) is 14.8. The van der Waals surface area contributed by atoms with Crippen molar-refractivity contribution >= 4 is 17.8 Å². The second-order valence-electron chi connectivity index (χ2n) is 12.8. The van der Waals surface area contributed by atoms with Crippen LogP contribution in [0.15, 0.2) is 59.2 Å². The number of nitrogens with one attached hydrogen (secondary N) is 1. The molecular weight excluding hydrogens is 584 g/mol. The number of methoxy groups -OCH3 is 2. The third kappa shape index (κ3) is 8.37. The predicted molar refractivity (Wildman–Crippen MR) is 175 cm³/mol. The van der Waals surface area contributed by atoms with Crippen LogP contribution in [0.25, 0.3) is 11.1 Å². The first-order valence-corrected chi connectivity index (χ1v) is 16.4. The van der Waals surface area contributed by atoms with Gasteiger partial charge in [0.25, 0.3) is 5.91 Å². The van der Waals surface area contributed by atoms with E-state index >= 15 is 0 Å². The number of rotatable bonds is 12. The minimum atomic E-state index is -0.532. The molecule has 5 rings (SSSR count). The van der Waals surface area contributed by atoms with Crippen molar-refractivity contribution in [3.8, 4) is 16.9 Å². The van der Waals surface area contributed by atoms with Gasteiger partial charge in [0.05, 0.1) is 38.2 Å². The maximum absolute atomic E-state index is 13.2. The Morgan fingerprint density at radius 1 is 0.891 bits per heavy atom. The second kappa shape index (κ2) is 15.5. The van der Waals surface area contributed by atoms with Crippen molar-refractivity contribution in [3.05, 3.63) is 77.2 Å². The molecule has 1 aromatic heterocycles. The molecule has 0 bridgehead atoms. The first-order chi connectivity index (χ1) is 22.3. The second-order valence-corrected chi connectivity index (χ2v) is 12.8. The summed E-state index contributed by atoms with van der Waals surface area (Å²) in [7, 11) is 2.62. The predicted octanol–water partition coefficient (Wildman–Crippen LogP) is 6.83. The van der Waals surface area contributed by atoms with Crippen LogP contribution in [0, 0.1) is 12.3 Å². The molecule has 3 aromatic rings. The fourth-order valence-electron chi connectivity index (χ4n) is 6.86. The van der Waals surface area contributed by atoms with Crippen molar-refractivity contribution in [2.24, 2.45) is 5.41 Å². The van der Waals surface area contributed by atoms with E-state index in [9.17, 15) is 14.4 Å². The Hall–Kier alpha value is -4.11. The highest BCUT2D eigenvalue weighted by atomic mass is 16.5. The number of piperidine rings is 1. The van der Waals surface area contributed by atoms with E-state index in [0.717, 1.165) is 56.4 Å². The van der Waals surface area contributed by atoms with Gasteiger partial charge in [-0.25, -0.2) is 9.59 Å². The van der Waals surface area contributed by atoms with Gasteiger partial charge in [-0.3, -0.25) is 4.79 Å². The van der Waals surface area contributed by atoms with Gasteiger partial charge in [-0.2, -0.15) is 0 Å². The van der Waals surface area contributed by atoms with E-state index in [1.165, 1.54) is 58.0 Å². The zero-order valence-corrected chi connectivity index (χ0v) is 27.3. The summed E-state index contributed by atoms with van der Waals surface area (Å²) in [6.07, 6.45) is 11.4. The van der Waals surface area contributed by atoms with Crippen LogP contribution in [-0.4, -0.2) is 69.2 Å². The van der Waals surface area contributed by atoms with E-state index in [1.807, 2.05) is 37.3 Å². The van der Waals surface area contributed by atoms with Crippen LogP contribution in [0.3, 0.4) is 0 Å². The number of furan rings is 1. The number of amides is 1. The van der Waals surface area contributed by atoms with Crippen LogP contribution in [-0.2, 0) is 9.47 Å². The molecule has 0 radical (unpaired) electrons. The molecule has 2 aromatic carbocycles. The molecule has 0 atom stereocenters. The number of carbonyl (C=O) groups excluding carboxylic acids is 3. The smallest absolute Gasteiger partial charge is 0.338 e. The third-order valence-electron chi connectivity index (χ3n) is 9.68. The van der Waals surface area contributed by atoms with Crippen molar-refractivity contribution in [2.75, 3.05) is 40.5 Å². The van der Waals surface area contributed by atoms with E-state index < -0.39 is 11.9 Å². The number of nitrogens with zero attached hydrogens (tertiary/aromatic N) is 1. The number of carbonyl (C=O) groups is 3. The lowest BCUT2D eigenvalue weighted by molar-refractivity contribution is 0.0596. The van der Waals surface area contributed by atoms with Gasteiger partial charge in [0.1, 0.15) is 5.75 Å². The van der Waals surface area contributed by atoms with Crippen molar-refractivity contribution in [2.45, 2.75) is 70.8 Å². The maximum atomic E-state index is 13.2. The molecule has 1 aliphatic carbocycles. The molecule has 1 saturated carbocycles. The number of benzene rings is 2. The number of ether oxygens (including phenoxy) is 3. The molecule has 1 N–H and O–H groups in total. The van der Waals surface area contributed by atoms with Crippen molar-refractivity contribution in [3.63, 3.8) is 0 Å². The summed E-state index contributed by atoms with van der Waals surface area (Å²) in [5, 5.41) is 3.22. The molecule has 9 heteroatoms. The van der Waals surface area contributed by atoms with Crippen LogP contribution in [0.1, 0.15) is 94.6 Å². The van der Waals surface area contributed by atoms with E-state index in [1.54, 1.807) is 18.4 Å². The van der Waals surface area contributed by atoms with Gasteiger partial charge in [-0.15, -0.1) is 0 Å². The van der Waals surface area contributed by atoms with Crippen LogP contribution < -0.4 is 10.1 Å². The summed E-state index contributed by atoms with van der Waals surface area (Å²) >= 11 is 0. The molecule has 2 heterocycles. The fraction of sp³-hybridized carbons (Fsp3) is 0.486. The largest absolute Gasteiger partial charge is 0.494 e. The summed E-state index contributed by atoms with van der Waals surface area (Å²) in [5.74, 6) is -0.396. The summed E-state index contributed by atoms with van der Waals surface area (Å²) < 4.78 is 21.5. The Bertz CT molecular complexity index is 1450. The maximum Gasteiger partial charge on any atom is 0.338 e. The van der Waals surface area contributed by atoms with Crippen LogP contribution >= 0.6 is 0 Å². The Kier molecular flexibility index (Phi) is 11.2. The zero-order valence-electron chi connectivity index (χ0n) is 27.3. The number of hydrogen-bond donors (Lipinski definition) is 1. The topological polar surface area (TPSA) is 107 Å². The molecule has 0 unspecified atom stereocenters. The van der Waals surface area contributed by atoms with E-state index in [-0.39, 0.29) is 28.5 Å². The third-order valence-corrected chi connectivity index (χ3v) is 9.68. The first kappa shape index (κ1) is 33.3. The molecule has 1 saturated heterocycles. The average molecular weight is 631 g/mol. The lowest BCUT2D eigenvalue weighted by Gasteiger charge is -2.40. The number of esters is 2. The van der Waals surface area contributed by atoms with Crippen LogP contribution in [0.4, 0.5) is 0 Å². The Labute approximate surface area is 271 Å². The van der Waals surface area contributed by atoms with Gasteiger partial charge in [-0.1, -0.05) is 49.1 Å². The molecular formula is C37H46N2O7. The van der Waals surface area contributed by atoms with E-state index in [2.05, 4.69) is 10.2 Å². The van der Waals surface area contributed by atoms with Gasteiger partial charge in [0.2, 0.25) is 0 Å². The molecule has 46 heavy (non-hydrogen) atoms. The van der Waals surface area contributed by atoms with Gasteiger partial charge >= 0.3 is 11.9 Å². The lowest BCUT2D eigenvalue weighted by atomic mass is 9.69. The Morgan fingerprint density at radius 2 is 1.54 bits per heavy atom. The monoisotopic (exact) mass is 630 g/mol. The minimum Gasteiger partial charge on any atom is -0.494 e. The van der Waals surface area contributed by atoms with E-state index in [0.29, 0.717) is 18.1 Å². The number of likely N-dealkylation sites (tertiary alicyclic amines) is 1. The summed E-state index contributed by atoms with van der Waals surface area (Å²) in [5.41, 5.74) is 3.66. The SMILES string of the molecule is COC(=O)c1cc(OCCC2(CCN3CCC(NC(=O)c4occc4-c4ccc(C)cc4)CC3)CCCCC2)cc(C(=O)OC)c1. The van der Waals surface area contributed by atoms with Crippen molar-refractivity contribution in [1.82, 2.24) is 10.2 Å². The van der Waals surface area contributed by atoms with Gasteiger partial charge in [-0.05, 0) is 87.2 Å². The molecule has 2 fully saturated rings. The van der Waals surface area contributed by atoms with Gasteiger partial charge in [0, 0.05) is 24.7 Å². The van der Waals surface area contributed by atoms with Crippen LogP contribution in [0.5, 0.6) is 5.75 Å². The molecule has 1 aliphatic heterocycles. The molecule has 0 spiro atoms.